The number of nitrogens with two attached hydrogens (primary N) is 1. The number of aryl methyl sites for hydroxylation is 1. The molecular weight excluding hydrogens is 196 g/mol. The highest BCUT2D eigenvalue weighted by Gasteiger charge is 2.23. The Morgan fingerprint density at radius 2 is 2.60 bits per heavy atom. The van der Waals surface area contributed by atoms with Crippen LogP contribution in [-0.2, 0) is 18.3 Å². The first kappa shape index (κ1) is 10.4. The number of hydrogen-bond donors (Lipinski definition) is 1. The molecule has 1 saturated heterocycles. The fourth-order valence-corrected chi connectivity index (χ4v) is 1.79. The van der Waals surface area contributed by atoms with E-state index in [4.69, 9.17) is 10.5 Å². The first-order valence-corrected chi connectivity index (χ1v) is 5.10. The predicted octanol–water partition coefficient (Wildman–Crippen LogP) is -1.05. The van der Waals surface area contributed by atoms with Gasteiger partial charge in [0.05, 0.1) is 13.2 Å². The van der Waals surface area contributed by atoms with Crippen LogP contribution in [0.5, 0.6) is 0 Å². The van der Waals surface area contributed by atoms with E-state index < -0.39 is 0 Å². The van der Waals surface area contributed by atoms with E-state index in [1.165, 1.54) is 15.6 Å². The second-order valence-corrected chi connectivity index (χ2v) is 3.99. The maximum absolute atomic E-state index is 11.5. The van der Waals surface area contributed by atoms with Gasteiger partial charge < -0.3 is 10.5 Å². The largest absolute Gasteiger partial charge is 0.381 e. The standard InChI is InChI=1S/C9H16N4O2/c1-12-6-11-13(9(12)14)4-8(10)7-2-3-15-5-7/h6-8H,2-5,10H2,1H3. The summed E-state index contributed by atoms with van der Waals surface area (Å²) in [7, 11) is 1.68. The van der Waals surface area contributed by atoms with Crippen molar-refractivity contribution in [3.63, 3.8) is 0 Å². The fourth-order valence-electron chi connectivity index (χ4n) is 1.79. The molecule has 1 aromatic heterocycles. The zero-order valence-electron chi connectivity index (χ0n) is 8.80. The highest BCUT2D eigenvalue weighted by molar-refractivity contribution is 4.77. The average Bonchev–Trinajstić information content (AvgIpc) is 2.83. The zero-order valence-corrected chi connectivity index (χ0v) is 8.80. The first-order chi connectivity index (χ1) is 7.18. The fraction of sp³-hybridized carbons (Fsp3) is 0.778. The molecule has 1 fully saturated rings. The molecule has 0 aromatic carbocycles. The molecule has 0 aliphatic carbocycles. The SMILES string of the molecule is Cn1cnn(CC(N)C2CCOC2)c1=O. The Bertz CT molecular complexity index is 378. The van der Waals surface area contributed by atoms with Crippen molar-refractivity contribution in [2.75, 3.05) is 13.2 Å². The van der Waals surface area contributed by atoms with E-state index in [1.807, 2.05) is 0 Å². The molecule has 0 amide bonds. The van der Waals surface area contributed by atoms with Crippen LogP contribution in [0.15, 0.2) is 11.1 Å². The van der Waals surface area contributed by atoms with Crippen LogP contribution in [0.2, 0.25) is 0 Å². The van der Waals surface area contributed by atoms with E-state index in [0.717, 1.165) is 13.0 Å². The first-order valence-electron chi connectivity index (χ1n) is 5.10. The third kappa shape index (κ3) is 2.10. The van der Waals surface area contributed by atoms with Gasteiger partial charge in [-0.05, 0) is 6.42 Å². The molecule has 2 rings (SSSR count). The van der Waals surface area contributed by atoms with Gasteiger partial charge in [-0.1, -0.05) is 0 Å². The molecule has 0 bridgehead atoms. The lowest BCUT2D eigenvalue weighted by Crippen LogP contribution is -2.38. The summed E-state index contributed by atoms with van der Waals surface area (Å²) in [6.45, 7) is 1.94. The number of rotatable bonds is 3. The van der Waals surface area contributed by atoms with Gasteiger partial charge in [-0.25, -0.2) is 9.48 Å². The van der Waals surface area contributed by atoms with Crippen molar-refractivity contribution in [3.8, 4) is 0 Å². The van der Waals surface area contributed by atoms with Gasteiger partial charge in [0.1, 0.15) is 6.33 Å². The Balaban J connectivity index is 2.02. The van der Waals surface area contributed by atoms with E-state index >= 15 is 0 Å². The Hall–Kier alpha value is -1.14. The lowest BCUT2D eigenvalue weighted by molar-refractivity contribution is 0.178. The molecular formula is C9H16N4O2. The van der Waals surface area contributed by atoms with Gasteiger partial charge in [-0.15, -0.1) is 0 Å². The maximum Gasteiger partial charge on any atom is 0.345 e. The van der Waals surface area contributed by atoms with Gasteiger partial charge in [0.25, 0.3) is 0 Å². The van der Waals surface area contributed by atoms with E-state index in [0.29, 0.717) is 19.1 Å². The van der Waals surface area contributed by atoms with Crippen LogP contribution in [0.25, 0.3) is 0 Å². The monoisotopic (exact) mass is 212 g/mol. The Morgan fingerprint density at radius 1 is 1.80 bits per heavy atom. The van der Waals surface area contributed by atoms with Crippen LogP contribution in [-0.4, -0.2) is 33.6 Å². The van der Waals surface area contributed by atoms with Crippen LogP contribution in [0, 0.1) is 5.92 Å². The zero-order chi connectivity index (χ0) is 10.8. The normalized spacial score (nSPS) is 23.2. The maximum atomic E-state index is 11.5. The van der Waals surface area contributed by atoms with Gasteiger partial charge >= 0.3 is 5.69 Å². The van der Waals surface area contributed by atoms with Crippen molar-refractivity contribution in [1.29, 1.82) is 0 Å². The Kier molecular flexibility index (Phi) is 2.88. The molecule has 1 aliphatic heterocycles. The molecule has 2 N–H and O–H groups in total. The summed E-state index contributed by atoms with van der Waals surface area (Å²) in [4.78, 5) is 11.5. The smallest absolute Gasteiger partial charge is 0.345 e. The molecule has 1 aliphatic rings. The van der Waals surface area contributed by atoms with Crippen LogP contribution >= 0.6 is 0 Å². The average molecular weight is 212 g/mol. The number of nitrogens with zero attached hydrogens (tertiary/aromatic N) is 3. The molecule has 1 aromatic rings. The predicted molar refractivity (Wildman–Crippen MR) is 54.4 cm³/mol. The minimum absolute atomic E-state index is 0.0555. The van der Waals surface area contributed by atoms with Crippen LogP contribution < -0.4 is 11.4 Å². The molecule has 2 atom stereocenters. The van der Waals surface area contributed by atoms with Crippen LogP contribution in [0.1, 0.15) is 6.42 Å². The summed E-state index contributed by atoms with van der Waals surface area (Å²) >= 11 is 0. The van der Waals surface area contributed by atoms with E-state index in [1.54, 1.807) is 7.05 Å². The highest BCUT2D eigenvalue weighted by atomic mass is 16.5. The molecule has 84 valence electrons. The lowest BCUT2D eigenvalue weighted by Gasteiger charge is -2.16. The van der Waals surface area contributed by atoms with Crippen LogP contribution in [0.3, 0.4) is 0 Å². The third-order valence-electron chi connectivity index (χ3n) is 2.84. The minimum Gasteiger partial charge on any atom is -0.381 e. The summed E-state index contributed by atoms with van der Waals surface area (Å²) in [6, 6.07) is -0.0555. The van der Waals surface area contributed by atoms with E-state index in [-0.39, 0.29) is 11.7 Å². The summed E-state index contributed by atoms with van der Waals surface area (Å²) in [5, 5.41) is 3.97. The van der Waals surface area contributed by atoms with Gasteiger partial charge in [0.2, 0.25) is 0 Å². The molecule has 0 spiro atoms. The highest BCUT2D eigenvalue weighted by Crippen LogP contribution is 2.15. The van der Waals surface area contributed by atoms with Crippen molar-refractivity contribution in [2.45, 2.75) is 19.0 Å². The van der Waals surface area contributed by atoms with Crippen molar-refractivity contribution < 1.29 is 4.74 Å². The number of ether oxygens (including phenoxy) is 1. The van der Waals surface area contributed by atoms with Crippen molar-refractivity contribution in [3.05, 3.63) is 16.8 Å². The Labute approximate surface area is 87.6 Å². The van der Waals surface area contributed by atoms with Crippen molar-refractivity contribution in [1.82, 2.24) is 14.3 Å². The summed E-state index contributed by atoms with van der Waals surface area (Å²) in [5.41, 5.74) is 5.88. The van der Waals surface area contributed by atoms with Crippen molar-refractivity contribution >= 4 is 0 Å². The second-order valence-electron chi connectivity index (χ2n) is 3.99. The molecule has 6 nitrogen and oxygen atoms in total. The quantitative estimate of drug-likeness (QED) is 0.693. The molecule has 6 heteroatoms. The van der Waals surface area contributed by atoms with Gasteiger partial charge in [0.15, 0.2) is 0 Å². The number of aromatic nitrogens is 3. The van der Waals surface area contributed by atoms with E-state index in [2.05, 4.69) is 5.10 Å². The number of hydrogen-bond acceptors (Lipinski definition) is 4. The summed E-state index contributed by atoms with van der Waals surface area (Å²) in [6.07, 6.45) is 2.48. The summed E-state index contributed by atoms with van der Waals surface area (Å²) in [5.74, 6) is 0.346. The molecule has 2 unspecified atom stereocenters. The lowest BCUT2D eigenvalue weighted by atomic mass is 10.0. The minimum atomic E-state index is -0.121. The summed E-state index contributed by atoms with van der Waals surface area (Å²) < 4.78 is 8.11. The Morgan fingerprint density at radius 3 is 3.13 bits per heavy atom. The molecule has 2 heterocycles. The van der Waals surface area contributed by atoms with Gasteiger partial charge in [-0.3, -0.25) is 4.57 Å². The van der Waals surface area contributed by atoms with Gasteiger partial charge in [-0.2, -0.15) is 5.10 Å². The molecule has 15 heavy (non-hydrogen) atoms. The topological polar surface area (TPSA) is 75.1 Å². The van der Waals surface area contributed by atoms with Crippen LogP contribution in [0.4, 0.5) is 0 Å². The van der Waals surface area contributed by atoms with E-state index in [9.17, 15) is 4.79 Å². The molecule has 0 radical (unpaired) electrons. The van der Waals surface area contributed by atoms with Gasteiger partial charge in [0, 0.05) is 25.6 Å². The molecule has 0 saturated carbocycles. The third-order valence-corrected chi connectivity index (χ3v) is 2.84. The van der Waals surface area contributed by atoms with Crippen molar-refractivity contribution in [2.24, 2.45) is 18.7 Å². The second kappa shape index (κ2) is 4.16.